The number of hydrogen-bond donors (Lipinski definition) is 2. The fraction of sp³-hybridized carbons (Fsp3) is 0.421. The molecule has 3 N–H and O–H groups in total. The number of nitrogens with two attached hydrogens (primary N) is 1. The summed E-state index contributed by atoms with van der Waals surface area (Å²) >= 11 is 0. The monoisotopic (exact) mass is 355 g/mol. The first kappa shape index (κ1) is 18.1. The summed E-state index contributed by atoms with van der Waals surface area (Å²) in [5.74, 6) is -0.454. The zero-order valence-corrected chi connectivity index (χ0v) is 15.0. The van der Waals surface area contributed by atoms with E-state index in [0.717, 1.165) is 30.6 Å². The summed E-state index contributed by atoms with van der Waals surface area (Å²) in [7, 11) is 1.85. The minimum absolute atomic E-state index is 0.0142. The summed E-state index contributed by atoms with van der Waals surface area (Å²) in [6.45, 7) is 1.71. The lowest BCUT2D eigenvalue weighted by Crippen LogP contribution is -2.49. The quantitative estimate of drug-likeness (QED) is 0.797. The second-order valence-corrected chi connectivity index (χ2v) is 6.80. The molecule has 2 heterocycles. The molecule has 26 heavy (non-hydrogen) atoms. The Morgan fingerprint density at radius 3 is 2.81 bits per heavy atom. The Kier molecular flexibility index (Phi) is 5.68. The van der Waals surface area contributed by atoms with Gasteiger partial charge in [0.05, 0.1) is 24.0 Å². The Hall–Kier alpha value is -2.67. The molecule has 2 amide bonds. The Labute approximate surface area is 153 Å². The Bertz CT molecular complexity index is 771. The lowest BCUT2D eigenvalue weighted by molar-refractivity contribution is -0.119. The van der Waals surface area contributed by atoms with Crippen LogP contribution >= 0.6 is 0 Å². The molecule has 1 saturated heterocycles. The van der Waals surface area contributed by atoms with Crippen LogP contribution in [0, 0.1) is 0 Å². The Morgan fingerprint density at radius 2 is 2.08 bits per heavy atom. The number of benzene rings is 1. The van der Waals surface area contributed by atoms with Gasteiger partial charge in [0.1, 0.15) is 0 Å². The van der Waals surface area contributed by atoms with Crippen LogP contribution in [0.25, 0.3) is 0 Å². The molecule has 0 bridgehead atoms. The highest BCUT2D eigenvalue weighted by molar-refractivity contribution is 5.95. The Balaban J connectivity index is 1.67. The lowest BCUT2D eigenvalue weighted by atomic mass is 10.0. The molecule has 7 heteroatoms. The molecule has 0 aliphatic carbocycles. The molecule has 1 atom stereocenters. The van der Waals surface area contributed by atoms with Crippen LogP contribution in [-0.2, 0) is 18.3 Å². The van der Waals surface area contributed by atoms with Crippen molar-refractivity contribution >= 4 is 11.8 Å². The molecule has 1 aliphatic rings. The molecule has 7 nitrogen and oxygen atoms in total. The van der Waals surface area contributed by atoms with E-state index < -0.39 is 0 Å². The molecule has 1 aliphatic heterocycles. The van der Waals surface area contributed by atoms with E-state index in [4.69, 9.17) is 5.73 Å². The second-order valence-electron chi connectivity index (χ2n) is 6.80. The number of rotatable bonds is 6. The molecule has 1 aromatic heterocycles. The number of carbonyl (C=O) groups excluding carboxylic acids is 2. The van der Waals surface area contributed by atoms with Gasteiger partial charge in [-0.3, -0.25) is 19.2 Å². The zero-order chi connectivity index (χ0) is 18.5. The maximum atomic E-state index is 12.8. The van der Waals surface area contributed by atoms with Crippen molar-refractivity contribution in [3.8, 4) is 0 Å². The smallest absolute Gasteiger partial charge is 0.255 e. The van der Waals surface area contributed by atoms with Gasteiger partial charge in [0, 0.05) is 26.1 Å². The lowest BCUT2D eigenvalue weighted by Gasteiger charge is -2.32. The highest BCUT2D eigenvalue weighted by atomic mass is 16.2. The van der Waals surface area contributed by atoms with Crippen molar-refractivity contribution < 1.29 is 9.59 Å². The molecule has 1 fully saturated rings. The first-order chi connectivity index (χ1) is 12.5. The van der Waals surface area contributed by atoms with Crippen molar-refractivity contribution in [1.29, 1.82) is 0 Å². The van der Waals surface area contributed by atoms with Crippen LogP contribution in [0.1, 0.15) is 34.5 Å². The predicted octanol–water partition coefficient (Wildman–Crippen LogP) is 0.690. The number of primary amides is 1. The Morgan fingerprint density at radius 1 is 1.31 bits per heavy atom. The van der Waals surface area contributed by atoms with Crippen molar-refractivity contribution in [1.82, 2.24) is 20.0 Å². The third-order valence-corrected chi connectivity index (χ3v) is 4.74. The van der Waals surface area contributed by atoms with E-state index in [1.807, 2.05) is 42.3 Å². The first-order valence-corrected chi connectivity index (χ1v) is 8.89. The van der Waals surface area contributed by atoms with Crippen molar-refractivity contribution in [2.45, 2.75) is 25.3 Å². The van der Waals surface area contributed by atoms with E-state index in [0.29, 0.717) is 18.5 Å². The van der Waals surface area contributed by atoms with Crippen LogP contribution in [0.15, 0.2) is 36.5 Å². The third-order valence-electron chi connectivity index (χ3n) is 4.74. The number of nitrogens with zero attached hydrogens (tertiary/aromatic N) is 3. The van der Waals surface area contributed by atoms with Crippen LogP contribution in [0.5, 0.6) is 0 Å². The van der Waals surface area contributed by atoms with Gasteiger partial charge < -0.3 is 11.1 Å². The molecule has 3 rings (SSSR count). The highest BCUT2D eigenvalue weighted by Crippen LogP contribution is 2.15. The molecular formula is C19H25N5O2. The summed E-state index contributed by atoms with van der Waals surface area (Å²) in [5, 5.41) is 7.36. The maximum absolute atomic E-state index is 12.8. The van der Waals surface area contributed by atoms with Crippen molar-refractivity contribution in [2.75, 3.05) is 19.6 Å². The number of likely N-dealkylation sites (tertiary alicyclic amines) is 1. The fourth-order valence-electron chi connectivity index (χ4n) is 3.45. The summed E-state index contributed by atoms with van der Waals surface area (Å²) in [6, 6.07) is 10.0. The highest BCUT2D eigenvalue weighted by Gasteiger charge is 2.24. The number of aryl methyl sites for hydroxylation is 1. The van der Waals surface area contributed by atoms with E-state index in [-0.39, 0.29) is 24.4 Å². The number of piperidine rings is 1. The number of carbonyl (C=O) groups is 2. The molecule has 1 aromatic carbocycles. The number of amides is 2. The number of aromatic nitrogens is 2. The standard InChI is InChI=1S/C19H25N5O2/c1-23-17(10-14-6-3-2-4-7-14)16(11-21-23)19(26)22-15-8-5-9-24(12-15)13-18(20)25/h2-4,6-7,11,15H,5,8-10,12-13H2,1H3,(H2,20,25)(H,22,26). The first-order valence-electron chi connectivity index (χ1n) is 8.89. The van der Waals surface area contributed by atoms with Crippen molar-refractivity contribution in [3.63, 3.8) is 0 Å². The van der Waals surface area contributed by atoms with E-state index in [1.54, 1.807) is 10.9 Å². The van der Waals surface area contributed by atoms with Gasteiger partial charge in [-0.1, -0.05) is 30.3 Å². The third kappa shape index (κ3) is 4.49. The summed E-state index contributed by atoms with van der Waals surface area (Å²) in [6.07, 6.45) is 4.10. The SMILES string of the molecule is Cn1ncc(C(=O)NC2CCCN(CC(N)=O)C2)c1Cc1ccccc1. The molecular weight excluding hydrogens is 330 g/mol. The van der Waals surface area contributed by atoms with Crippen molar-refractivity contribution in [3.05, 3.63) is 53.3 Å². The van der Waals surface area contributed by atoms with Gasteiger partial charge >= 0.3 is 0 Å². The van der Waals surface area contributed by atoms with Gasteiger partial charge in [0.2, 0.25) is 5.91 Å². The summed E-state index contributed by atoms with van der Waals surface area (Å²) in [5.41, 5.74) is 7.90. The fourth-order valence-corrected chi connectivity index (χ4v) is 3.45. The molecule has 0 radical (unpaired) electrons. The predicted molar refractivity (Wildman–Crippen MR) is 98.6 cm³/mol. The summed E-state index contributed by atoms with van der Waals surface area (Å²) in [4.78, 5) is 25.9. The van der Waals surface area contributed by atoms with Gasteiger partial charge in [0.15, 0.2) is 0 Å². The minimum Gasteiger partial charge on any atom is -0.369 e. The normalized spacial score (nSPS) is 17.8. The van der Waals surface area contributed by atoms with Gasteiger partial charge in [0.25, 0.3) is 5.91 Å². The largest absolute Gasteiger partial charge is 0.369 e. The van der Waals surface area contributed by atoms with Crippen LogP contribution in [0.3, 0.4) is 0 Å². The van der Waals surface area contributed by atoms with Crippen LogP contribution in [0.4, 0.5) is 0 Å². The maximum Gasteiger partial charge on any atom is 0.255 e. The molecule has 2 aromatic rings. The topological polar surface area (TPSA) is 93.2 Å². The van der Waals surface area contributed by atoms with Crippen LogP contribution in [0.2, 0.25) is 0 Å². The van der Waals surface area contributed by atoms with Crippen LogP contribution < -0.4 is 11.1 Å². The van der Waals surface area contributed by atoms with Crippen LogP contribution in [-0.4, -0.2) is 52.2 Å². The molecule has 138 valence electrons. The van der Waals surface area contributed by atoms with E-state index in [2.05, 4.69) is 10.4 Å². The van der Waals surface area contributed by atoms with Gasteiger partial charge in [-0.15, -0.1) is 0 Å². The molecule has 0 spiro atoms. The number of hydrogen-bond acceptors (Lipinski definition) is 4. The summed E-state index contributed by atoms with van der Waals surface area (Å²) < 4.78 is 1.75. The van der Waals surface area contributed by atoms with Crippen molar-refractivity contribution in [2.24, 2.45) is 12.8 Å². The number of nitrogens with one attached hydrogen (secondary N) is 1. The average molecular weight is 355 g/mol. The average Bonchev–Trinajstić information content (AvgIpc) is 2.96. The zero-order valence-electron chi connectivity index (χ0n) is 15.0. The van der Waals surface area contributed by atoms with Gasteiger partial charge in [-0.25, -0.2) is 0 Å². The van der Waals surface area contributed by atoms with E-state index in [1.165, 1.54) is 0 Å². The van der Waals surface area contributed by atoms with Gasteiger partial charge in [-0.05, 0) is 24.9 Å². The van der Waals surface area contributed by atoms with E-state index in [9.17, 15) is 9.59 Å². The minimum atomic E-state index is -0.339. The van der Waals surface area contributed by atoms with E-state index >= 15 is 0 Å². The second kappa shape index (κ2) is 8.14. The molecule has 0 saturated carbocycles. The molecule has 1 unspecified atom stereocenters. The van der Waals surface area contributed by atoms with Gasteiger partial charge in [-0.2, -0.15) is 5.10 Å².